The molecule has 1 aromatic rings. The van der Waals surface area contributed by atoms with E-state index in [9.17, 15) is 4.79 Å². The van der Waals surface area contributed by atoms with Gasteiger partial charge in [0.15, 0.2) is 0 Å². The molecule has 4 heteroatoms. The zero-order valence-corrected chi connectivity index (χ0v) is 11.6. The highest BCUT2D eigenvalue weighted by Crippen LogP contribution is 2.20. The molecule has 1 amide bonds. The first-order valence-corrected chi connectivity index (χ1v) is 7.74. The first-order valence-electron chi connectivity index (χ1n) is 5.68. The second kappa shape index (κ2) is 5.82. The number of nitrogens with zero attached hydrogens (tertiary/aromatic N) is 1. The summed E-state index contributed by atoms with van der Waals surface area (Å²) >= 11 is 5.16. The van der Waals surface area contributed by atoms with Gasteiger partial charge in [0.1, 0.15) is 0 Å². The maximum Gasteiger partial charge on any atom is 0.227 e. The van der Waals surface area contributed by atoms with E-state index in [2.05, 4.69) is 26.2 Å². The minimum Gasteiger partial charge on any atom is -0.339 e. The zero-order chi connectivity index (χ0) is 11.4. The summed E-state index contributed by atoms with van der Waals surface area (Å²) in [5, 5.41) is 4.99. The Balaban J connectivity index is 1.97. The lowest BCUT2D eigenvalue weighted by Crippen LogP contribution is -2.45. The Morgan fingerprint density at radius 1 is 1.56 bits per heavy atom. The second-order valence-electron chi connectivity index (χ2n) is 4.20. The molecule has 0 aromatic carbocycles. The van der Waals surface area contributed by atoms with Gasteiger partial charge in [-0.1, -0.05) is 15.9 Å². The third-order valence-corrected chi connectivity index (χ3v) is 4.54. The first-order chi connectivity index (χ1) is 7.81. The van der Waals surface area contributed by atoms with E-state index in [1.165, 1.54) is 6.42 Å². The SMILES string of the molecule is O=C(Cc1ccsc1)N1CCCCC1CBr. The average molecular weight is 302 g/mol. The standard InChI is InChI=1S/C12H16BrNOS/c13-8-11-3-1-2-5-14(11)12(15)7-10-4-6-16-9-10/h4,6,9,11H,1-3,5,7-8H2. The Morgan fingerprint density at radius 3 is 3.12 bits per heavy atom. The predicted molar refractivity (Wildman–Crippen MR) is 71.2 cm³/mol. The number of alkyl halides is 1. The Hall–Kier alpha value is -0.350. The Labute approximate surface area is 109 Å². The fourth-order valence-electron chi connectivity index (χ4n) is 2.16. The molecule has 1 atom stereocenters. The molecule has 88 valence electrons. The summed E-state index contributed by atoms with van der Waals surface area (Å²) in [4.78, 5) is 14.2. The molecule has 0 radical (unpaired) electrons. The van der Waals surface area contributed by atoms with E-state index in [0.717, 1.165) is 30.3 Å². The van der Waals surface area contributed by atoms with Gasteiger partial charge in [-0.15, -0.1) is 0 Å². The summed E-state index contributed by atoms with van der Waals surface area (Å²) in [6.07, 6.45) is 4.10. The molecule has 2 nitrogen and oxygen atoms in total. The third-order valence-electron chi connectivity index (χ3n) is 3.06. The number of hydrogen-bond acceptors (Lipinski definition) is 2. The predicted octanol–water partition coefficient (Wildman–Crippen LogP) is 3.07. The van der Waals surface area contributed by atoms with Crippen molar-refractivity contribution in [2.24, 2.45) is 0 Å². The molecule has 1 aromatic heterocycles. The molecule has 1 fully saturated rings. The van der Waals surface area contributed by atoms with Crippen LogP contribution in [0.5, 0.6) is 0 Å². The van der Waals surface area contributed by atoms with E-state index in [4.69, 9.17) is 0 Å². The van der Waals surface area contributed by atoms with Gasteiger partial charge in [0, 0.05) is 17.9 Å². The summed E-state index contributed by atoms with van der Waals surface area (Å²) in [6, 6.07) is 2.44. The molecule has 1 aliphatic rings. The summed E-state index contributed by atoms with van der Waals surface area (Å²) in [6.45, 7) is 0.930. The normalized spacial score (nSPS) is 21.1. The van der Waals surface area contributed by atoms with Crippen LogP contribution in [0.15, 0.2) is 16.8 Å². The first kappa shape index (κ1) is 12.1. The lowest BCUT2D eigenvalue weighted by Gasteiger charge is -2.34. The molecule has 1 saturated heterocycles. The smallest absolute Gasteiger partial charge is 0.227 e. The number of piperidine rings is 1. The van der Waals surface area contributed by atoms with Crippen LogP contribution in [0.3, 0.4) is 0 Å². The van der Waals surface area contributed by atoms with E-state index in [0.29, 0.717) is 12.5 Å². The third kappa shape index (κ3) is 2.86. The number of thiophene rings is 1. The van der Waals surface area contributed by atoms with Crippen molar-refractivity contribution >= 4 is 33.2 Å². The molecule has 2 rings (SSSR count). The zero-order valence-electron chi connectivity index (χ0n) is 9.19. The highest BCUT2D eigenvalue weighted by Gasteiger charge is 2.25. The molecule has 2 heterocycles. The molecule has 0 N–H and O–H groups in total. The van der Waals surface area contributed by atoms with Crippen molar-refractivity contribution in [2.75, 3.05) is 11.9 Å². The molecule has 0 spiro atoms. The van der Waals surface area contributed by atoms with Gasteiger partial charge in [0.25, 0.3) is 0 Å². The van der Waals surface area contributed by atoms with Crippen molar-refractivity contribution in [1.82, 2.24) is 4.90 Å². The monoisotopic (exact) mass is 301 g/mol. The van der Waals surface area contributed by atoms with Crippen molar-refractivity contribution in [3.05, 3.63) is 22.4 Å². The Kier molecular flexibility index (Phi) is 4.41. The molecule has 16 heavy (non-hydrogen) atoms. The van der Waals surface area contributed by atoms with Crippen LogP contribution in [0.4, 0.5) is 0 Å². The van der Waals surface area contributed by atoms with Gasteiger partial charge < -0.3 is 4.90 Å². The number of rotatable bonds is 3. The van der Waals surface area contributed by atoms with Crippen LogP contribution in [0.25, 0.3) is 0 Å². The maximum absolute atomic E-state index is 12.1. The molecule has 0 aliphatic carbocycles. The lowest BCUT2D eigenvalue weighted by molar-refractivity contribution is -0.133. The van der Waals surface area contributed by atoms with Gasteiger partial charge in [0.05, 0.1) is 6.42 Å². The van der Waals surface area contributed by atoms with Gasteiger partial charge in [-0.3, -0.25) is 4.79 Å². The summed E-state index contributed by atoms with van der Waals surface area (Å²) in [7, 11) is 0. The van der Waals surface area contributed by atoms with E-state index in [1.807, 2.05) is 11.4 Å². The molecule has 1 unspecified atom stereocenters. The highest BCUT2D eigenvalue weighted by atomic mass is 79.9. The van der Waals surface area contributed by atoms with Gasteiger partial charge in [0.2, 0.25) is 5.91 Å². The van der Waals surface area contributed by atoms with E-state index < -0.39 is 0 Å². The highest BCUT2D eigenvalue weighted by molar-refractivity contribution is 9.09. The second-order valence-corrected chi connectivity index (χ2v) is 5.63. The number of amides is 1. The number of halogens is 1. The van der Waals surface area contributed by atoms with Crippen molar-refractivity contribution in [3.63, 3.8) is 0 Å². The molecule has 0 saturated carbocycles. The van der Waals surface area contributed by atoms with E-state index in [1.54, 1.807) is 11.3 Å². The van der Waals surface area contributed by atoms with Crippen LogP contribution in [0.1, 0.15) is 24.8 Å². The summed E-state index contributed by atoms with van der Waals surface area (Å²) in [5.74, 6) is 0.280. The number of likely N-dealkylation sites (tertiary alicyclic amines) is 1. The minimum absolute atomic E-state index is 0.280. The van der Waals surface area contributed by atoms with Crippen LogP contribution in [-0.4, -0.2) is 28.7 Å². The maximum atomic E-state index is 12.1. The Morgan fingerprint density at radius 2 is 2.44 bits per heavy atom. The average Bonchev–Trinajstić information content (AvgIpc) is 2.81. The number of hydrogen-bond donors (Lipinski definition) is 0. The van der Waals surface area contributed by atoms with Crippen LogP contribution in [0, 0.1) is 0 Å². The number of carbonyl (C=O) groups is 1. The summed E-state index contributed by atoms with van der Waals surface area (Å²) in [5.41, 5.74) is 1.15. The topological polar surface area (TPSA) is 20.3 Å². The molecule has 0 bridgehead atoms. The van der Waals surface area contributed by atoms with Crippen LogP contribution >= 0.6 is 27.3 Å². The Bertz CT molecular complexity index is 339. The van der Waals surface area contributed by atoms with Crippen molar-refractivity contribution in [1.29, 1.82) is 0 Å². The number of carbonyl (C=O) groups excluding carboxylic acids is 1. The van der Waals surface area contributed by atoms with Gasteiger partial charge >= 0.3 is 0 Å². The van der Waals surface area contributed by atoms with Crippen LogP contribution < -0.4 is 0 Å². The van der Waals surface area contributed by atoms with Crippen molar-refractivity contribution in [3.8, 4) is 0 Å². The largest absolute Gasteiger partial charge is 0.339 e. The lowest BCUT2D eigenvalue weighted by atomic mass is 10.0. The summed E-state index contributed by atoms with van der Waals surface area (Å²) < 4.78 is 0. The van der Waals surface area contributed by atoms with Gasteiger partial charge in [-0.2, -0.15) is 11.3 Å². The quantitative estimate of drug-likeness (QED) is 0.786. The molecule has 1 aliphatic heterocycles. The van der Waals surface area contributed by atoms with Crippen LogP contribution in [0.2, 0.25) is 0 Å². The van der Waals surface area contributed by atoms with E-state index >= 15 is 0 Å². The van der Waals surface area contributed by atoms with Crippen molar-refractivity contribution < 1.29 is 4.79 Å². The fourth-order valence-corrected chi connectivity index (χ4v) is 3.50. The van der Waals surface area contributed by atoms with Gasteiger partial charge in [-0.25, -0.2) is 0 Å². The van der Waals surface area contributed by atoms with Crippen molar-refractivity contribution in [2.45, 2.75) is 31.7 Å². The molecular weight excluding hydrogens is 286 g/mol. The minimum atomic E-state index is 0.280. The van der Waals surface area contributed by atoms with Gasteiger partial charge in [-0.05, 0) is 41.7 Å². The van der Waals surface area contributed by atoms with Crippen LogP contribution in [-0.2, 0) is 11.2 Å². The van der Waals surface area contributed by atoms with E-state index in [-0.39, 0.29) is 5.91 Å². The fraction of sp³-hybridized carbons (Fsp3) is 0.583. The molecular formula is C12H16BrNOS.